The van der Waals surface area contributed by atoms with E-state index in [9.17, 15) is 10.2 Å². The first-order valence-corrected chi connectivity index (χ1v) is 11.3. The number of allylic oxidation sites excluding steroid dienone is 1. The van der Waals surface area contributed by atoms with Crippen molar-refractivity contribution in [3.05, 3.63) is 63.4 Å². The second-order valence-corrected chi connectivity index (χ2v) is 9.60. The molecule has 3 N–H and O–H groups in total. The molecule has 2 aliphatic rings. The highest BCUT2D eigenvalue weighted by Crippen LogP contribution is 2.54. The fourth-order valence-electron chi connectivity index (χ4n) is 4.67. The summed E-state index contributed by atoms with van der Waals surface area (Å²) >= 11 is 1.56. The molecule has 5 nitrogen and oxygen atoms in total. The third-order valence-corrected chi connectivity index (χ3v) is 6.79. The largest absolute Gasteiger partial charge is 0.504 e. The average molecular weight is 448 g/mol. The molecule has 0 radical (unpaired) electrons. The predicted octanol–water partition coefficient (Wildman–Crippen LogP) is 6.12. The van der Waals surface area contributed by atoms with Gasteiger partial charge in [0.25, 0.3) is 0 Å². The van der Waals surface area contributed by atoms with Crippen LogP contribution in [-0.4, -0.2) is 22.9 Å². The molecule has 2 aromatic carbocycles. The van der Waals surface area contributed by atoms with Crippen LogP contribution in [0.4, 0.5) is 5.69 Å². The molecule has 5 rings (SSSR count). The van der Waals surface area contributed by atoms with Gasteiger partial charge in [-0.3, -0.25) is 0 Å². The molecule has 164 valence electrons. The Bertz CT molecular complexity index is 1300. The number of thiophene rings is 1. The van der Waals surface area contributed by atoms with E-state index in [1.807, 2.05) is 23.6 Å². The summed E-state index contributed by atoms with van der Waals surface area (Å²) in [6.07, 6.45) is 4.21. The summed E-state index contributed by atoms with van der Waals surface area (Å²) in [4.78, 5) is 0.950. The van der Waals surface area contributed by atoms with Crippen molar-refractivity contribution in [1.29, 1.82) is 0 Å². The van der Waals surface area contributed by atoms with Gasteiger partial charge in [0.2, 0.25) is 0 Å². The van der Waals surface area contributed by atoms with Crippen LogP contribution in [0.25, 0.3) is 28.5 Å². The summed E-state index contributed by atoms with van der Waals surface area (Å²) in [6.45, 7) is 6.36. The highest BCUT2D eigenvalue weighted by molar-refractivity contribution is 7.11. The first-order valence-electron chi connectivity index (χ1n) is 10.5. The number of hydrogen-bond donors (Lipinski definition) is 3. The maximum Gasteiger partial charge on any atom is 0.172 e. The van der Waals surface area contributed by atoms with Gasteiger partial charge < -0.3 is 25.0 Å². The third kappa shape index (κ3) is 3.18. The SMILES string of the molecule is COc1c(O)ccc2c1-c1ccc3c(c1C(=Cc1sccc1CO)O2)C(C)=CC(C)(C)N3. The number of phenolic OH excluding ortho intramolecular Hbond substituents is 1. The summed E-state index contributed by atoms with van der Waals surface area (Å²) in [7, 11) is 1.55. The Kier molecular flexibility index (Phi) is 4.80. The summed E-state index contributed by atoms with van der Waals surface area (Å²) in [5.74, 6) is 1.77. The van der Waals surface area contributed by atoms with E-state index in [2.05, 4.69) is 38.2 Å². The monoisotopic (exact) mass is 447 g/mol. The molecule has 1 aromatic heterocycles. The Hall–Kier alpha value is -3.22. The van der Waals surface area contributed by atoms with Gasteiger partial charge in [0.1, 0.15) is 11.5 Å². The Morgan fingerprint density at radius 1 is 1.12 bits per heavy atom. The summed E-state index contributed by atoms with van der Waals surface area (Å²) in [5, 5.41) is 25.8. The van der Waals surface area contributed by atoms with Crippen LogP contribution in [0.5, 0.6) is 17.2 Å². The lowest BCUT2D eigenvalue weighted by atomic mass is 9.83. The van der Waals surface area contributed by atoms with Crippen LogP contribution >= 0.6 is 11.3 Å². The Morgan fingerprint density at radius 2 is 1.94 bits per heavy atom. The fourth-order valence-corrected chi connectivity index (χ4v) is 5.51. The van der Waals surface area contributed by atoms with Crippen molar-refractivity contribution >= 4 is 34.4 Å². The quantitative estimate of drug-likeness (QED) is 0.451. The van der Waals surface area contributed by atoms with Crippen LogP contribution in [0.2, 0.25) is 0 Å². The minimum atomic E-state index is -0.170. The number of hydrogen-bond acceptors (Lipinski definition) is 6. The van der Waals surface area contributed by atoms with Crippen molar-refractivity contribution in [3.8, 4) is 28.4 Å². The number of phenols is 1. The van der Waals surface area contributed by atoms with Gasteiger partial charge in [-0.1, -0.05) is 12.1 Å². The van der Waals surface area contributed by atoms with E-state index in [4.69, 9.17) is 9.47 Å². The van der Waals surface area contributed by atoms with Crippen LogP contribution in [0.1, 0.15) is 42.3 Å². The van der Waals surface area contributed by atoms with E-state index in [-0.39, 0.29) is 17.9 Å². The van der Waals surface area contributed by atoms with Gasteiger partial charge in [-0.05, 0) is 67.6 Å². The van der Waals surface area contributed by atoms with Gasteiger partial charge in [0, 0.05) is 27.3 Å². The lowest BCUT2D eigenvalue weighted by Gasteiger charge is -2.35. The highest BCUT2D eigenvalue weighted by atomic mass is 32.1. The highest BCUT2D eigenvalue weighted by Gasteiger charge is 2.33. The maximum absolute atomic E-state index is 10.4. The van der Waals surface area contributed by atoms with Gasteiger partial charge in [0.05, 0.1) is 24.8 Å². The fraction of sp³-hybridized carbons (Fsp3) is 0.231. The van der Waals surface area contributed by atoms with Gasteiger partial charge in [-0.2, -0.15) is 0 Å². The molecule has 0 aliphatic carbocycles. The molecule has 0 fully saturated rings. The van der Waals surface area contributed by atoms with Crippen molar-refractivity contribution in [2.45, 2.75) is 32.9 Å². The summed E-state index contributed by atoms with van der Waals surface area (Å²) in [5.41, 5.74) is 6.52. The number of aliphatic hydroxyl groups excluding tert-OH is 1. The molecule has 0 atom stereocenters. The number of ether oxygens (including phenoxy) is 2. The lowest BCUT2D eigenvalue weighted by molar-refractivity contribution is 0.282. The van der Waals surface area contributed by atoms with Crippen molar-refractivity contribution in [3.63, 3.8) is 0 Å². The first-order chi connectivity index (χ1) is 15.3. The van der Waals surface area contributed by atoms with E-state index >= 15 is 0 Å². The number of nitrogens with one attached hydrogen (secondary N) is 1. The van der Waals surface area contributed by atoms with E-state index < -0.39 is 0 Å². The number of aromatic hydroxyl groups is 1. The average Bonchev–Trinajstić information content (AvgIpc) is 3.19. The summed E-state index contributed by atoms with van der Waals surface area (Å²) in [6, 6.07) is 9.39. The van der Waals surface area contributed by atoms with E-state index in [0.717, 1.165) is 44.0 Å². The molecule has 0 saturated carbocycles. The van der Waals surface area contributed by atoms with Crippen LogP contribution in [0.15, 0.2) is 41.8 Å². The normalized spacial score (nSPS) is 16.9. The van der Waals surface area contributed by atoms with Gasteiger partial charge >= 0.3 is 0 Å². The van der Waals surface area contributed by atoms with Crippen molar-refractivity contribution in [2.75, 3.05) is 12.4 Å². The number of aliphatic hydroxyl groups is 1. The number of fused-ring (bicyclic) bond motifs is 5. The van der Waals surface area contributed by atoms with E-state index in [1.54, 1.807) is 30.6 Å². The minimum absolute atomic E-state index is 0.0324. The molecule has 0 saturated heterocycles. The van der Waals surface area contributed by atoms with Crippen LogP contribution in [0, 0.1) is 0 Å². The number of anilines is 1. The molecule has 2 aliphatic heterocycles. The molecular formula is C26H25NO4S. The Labute approximate surface area is 191 Å². The molecule has 0 bridgehead atoms. The van der Waals surface area contributed by atoms with Crippen LogP contribution in [-0.2, 0) is 6.61 Å². The third-order valence-electron chi connectivity index (χ3n) is 5.89. The lowest BCUT2D eigenvalue weighted by Crippen LogP contribution is -2.32. The van der Waals surface area contributed by atoms with Gasteiger partial charge in [-0.15, -0.1) is 11.3 Å². The van der Waals surface area contributed by atoms with Crippen LogP contribution in [0.3, 0.4) is 0 Å². The number of rotatable bonds is 3. The number of benzene rings is 2. The maximum atomic E-state index is 10.4. The molecule has 32 heavy (non-hydrogen) atoms. The summed E-state index contributed by atoms with van der Waals surface area (Å²) < 4.78 is 12.0. The van der Waals surface area contributed by atoms with E-state index in [1.165, 1.54) is 0 Å². The second kappa shape index (κ2) is 7.43. The van der Waals surface area contributed by atoms with E-state index in [0.29, 0.717) is 17.3 Å². The molecule has 3 aromatic rings. The van der Waals surface area contributed by atoms with Crippen molar-refractivity contribution < 1.29 is 19.7 Å². The standard InChI is InChI=1S/C26H25NO4S/c1-14-12-26(2,3)27-17-6-5-16-23(22(14)17)20(11-21-15(13-28)9-10-32-21)31-19-8-7-18(29)25(30-4)24(16)19/h5-12,27-29H,13H2,1-4H3. The topological polar surface area (TPSA) is 71.0 Å². The number of methoxy groups -OCH3 is 1. The predicted molar refractivity (Wildman–Crippen MR) is 130 cm³/mol. The zero-order chi connectivity index (χ0) is 22.6. The van der Waals surface area contributed by atoms with Crippen LogP contribution < -0.4 is 14.8 Å². The smallest absolute Gasteiger partial charge is 0.172 e. The molecular weight excluding hydrogens is 422 g/mol. The zero-order valence-electron chi connectivity index (χ0n) is 18.4. The molecule has 0 unspecified atom stereocenters. The van der Waals surface area contributed by atoms with Crippen molar-refractivity contribution in [2.24, 2.45) is 0 Å². The molecule has 3 heterocycles. The zero-order valence-corrected chi connectivity index (χ0v) is 19.3. The van der Waals surface area contributed by atoms with Gasteiger partial charge in [-0.25, -0.2) is 0 Å². The molecule has 0 amide bonds. The minimum Gasteiger partial charge on any atom is -0.504 e. The first kappa shape index (κ1) is 20.7. The Balaban J connectivity index is 1.84. The molecule has 0 spiro atoms. The Morgan fingerprint density at radius 3 is 2.69 bits per heavy atom. The molecule has 6 heteroatoms. The van der Waals surface area contributed by atoms with Gasteiger partial charge in [0.15, 0.2) is 11.5 Å². The van der Waals surface area contributed by atoms with Crippen molar-refractivity contribution in [1.82, 2.24) is 0 Å². The second-order valence-electron chi connectivity index (χ2n) is 8.65.